The Morgan fingerprint density at radius 2 is 2.20 bits per heavy atom. The summed E-state index contributed by atoms with van der Waals surface area (Å²) in [5, 5.41) is 2.80. The number of aryl methyl sites for hydroxylation is 1. The Balaban J connectivity index is 0.00000196. The van der Waals surface area contributed by atoms with E-state index in [1.165, 1.54) is 0 Å². The number of hydrogen-bond acceptors (Lipinski definition) is 2. The lowest BCUT2D eigenvalue weighted by Gasteiger charge is -2.07. The van der Waals surface area contributed by atoms with Crippen LogP contribution in [0.25, 0.3) is 0 Å². The van der Waals surface area contributed by atoms with Gasteiger partial charge in [0.1, 0.15) is 0 Å². The molecule has 0 unspecified atom stereocenters. The number of carbonyl (C=O) groups excluding carboxylic acids is 1. The first-order valence-electron chi connectivity index (χ1n) is 4.39. The summed E-state index contributed by atoms with van der Waals surface area (Å²) in [7, 11) is 0. The molecule has 15 heavy (non-hydrogen) atoms. The van der Waals surface area contributed by atoms with Gasteiger partial charge >= 0.3 is 0 Å². The quantitative estimate of drug-likeness (QED) is 0.899. The van der Waals surface area contributed by atoms with Crippen LogP contribution in [0.2, 0.25) is 0 Å². The molecule has 1 aromatic carbocycles. The van der Waals surface area contributed by atoms with Crippen LogP contribution >= 0.6 is 28.3 Å². The molecule has 84 valence electrons. The second-order valence-corrected chi connectivity index (χ2v) is 3.96. The van der Waals surface area contributed by atoms with Gasteiger partial charge in [-0.15, -0.1) is 12.4 Å². The van der Waals surface area contributed by atoms with Crippen LogP contribution in [0.15, 0.2) is 22.7 Å². The monoisotopic (exact) mass is 292 g/mol. The summed E-state index contributed by atoms with van der Waals surface area (Å²) in [6, 6.07) is 5.72. The minimum absolute atomic E-state index is 0. The lowest BCUT2D eigenvalue weighted by Crippen LogP contribution is -2.16. The van der Waals surface area contributed by atoms with E-state index in [0.29, 0.717) is 13.0 Å². The first-order valence-corrected chi connectivity index (χ1v) is 5.19. The van der Waals surface area contributed by atoms with Crippen molar-refractivity contribution in [3.05, 3.63) is 28.2 Å². The molecule has 0 saturated carbocycles. The maximum atomic E-state index is 11.2. The molecule has 0 fully saturated rings. The average Bonchev–Trinajstić information content (AvgIpc) is 2.10. The van der Waals surface area contributed by atoms with Crippen molar-refractivity contribution in [2.75, 3.05) is 11.9 Å². The SMILES string of the molecule is Cc1cc(Br)ccc1NC(=O)CCN.Cl. The highest BCUT2D eigenvalue weighted by Gasteiger charge is 2.03. The largest absolute Gasteiger partial charge is 0.330 e. The molecule has 3 N–H and O–H groups in total. The van der Waals surface area contributed by atoms with E-state index in [2.05, 4.69) is 21.2 Å². The number of rotatable bonds is 3. The third kappa shape index (κ3) is 4.64. The zero-order valence-electron chi connectivity index (χ0n) is 8.42. The molecule has 0 spiro atoms. The molecule has 1 rings (SSSR count). The maximum absolute atomic E-state index is 11.2. The number of nitrogens with two attached hydrogens (primary N) is 1. The summed E-state index contributed by atoms with van der Waals surface area (Å²) in [6.07, 6.45) is 0.357. The van der Waals surface area contributed by atoms with Crippen LogP contribution in [0.1, 0.15) is 12.0 Å². The van der Waals surface area contributed by atoms with Crippen molar-refractivity contribution in [1.82, 2.24) is 0 Å². The van der Waals surface area contributed by atoms with E-state index in [1.807, 2.05) is 25.1 Å². The van der Waals surface area contributed by atoms with Gasteiger partial charge in [0.2, 0.25) is 5.91 Å². The molecule has 0 aromatic heterocycles. The Bertz CT molecular complexity index is 344. The minimum Gasteiger partial charge on any atom is -0.330 e. The van der Waals surface area contributed by atoms with Crippen LogP contribution in [0, 0.1) is 6.92 Å². The molecule has 5 heteroatoms. The predicted molar refractivity (Wildman–Crippen MR) is 68.4 cm³/mol. The van der Waals surface area contributed by atoms with Gasteiger partial charge in [-0.3, -0.25) is 4.79 Å². The molecule has 0 bridgehead atoms. The van der Waals surface area contributed by atoms with Crippen molar-refractivity contribution >= 4 is 39.9 Å². The molecular formula is C10H14BrClN2O. The van der Waals surface area contributed by atoms with E-state index in [0.717, 1.165) is 15.7 Å². The van der Waals surface area contributed by atoms with Gasteiger partial charge in [-0.2, -0.15) is 0 Å². The minimum atomic E-state index is -0.0436. The summed E-state index contributed by atoms with van der Waals surface area (Å²) in [5.41, 5.74) is 7.15. The normalized spacial score (nSPS) is 9.27. The third-order valence-corrected chi connectivity index (χ3v) is 2.33. The summed E-state index contributed by atoms with van der Waals surface area (Å²) < 4.78 is 1.01. The first kappa shape index (κ1) is 14.4. The number of anilines is 1. The second kappa shape index (κ2) is 6.82. The van der Waals surface area contributed by atoms with Crippen LogP contribution in [0.4, 0.5) is 5.69 Å². The number of carbonyl (C=O) groups is 1. The number of benzene rings is 1. The van der Waals surface area contributed by atoms with Crippen LogP contribution in [-0.4, -0.2) is 12.5 Å². The van der Waals surface area contributed by atoms with Gasteiger partial charge in [-0.1, -0.05) is 15.9 Å². The van der Waals surface area contributed by atoms with Gasteiger partial charge in [-0.05, 0) is 30.7 Å². The molecule has 1 aromatic rings. The summed E-state index contributed by atoms with van der Waals surface area (Å²) in [5.74, 6) is -0.0436. The second-order valence-electron chi connectivity index (χ2n) is 3.05. The van der Waals surface area contributed by atoms with Crippen molar-refractivity contribution in [2.24, 2.45) is 5.73 Å². The van der Waals surface area contributed by atoms with E-state index >= 15 is 0 Å². The molecule has 0 aliphatic rings. The molecule has 0 saturated heterocycles. The van der Waals surface area contributed by atoms with Crippen LogP contribution in [0.3, 0.4) is 0 Å². The zero-order valence-corrected chi connectivity index (χ0v) is 10.8. The molecule has 0 atom stereocenters. The lowest BCUT2D eigenvalue weighted by molar-refractivity contribution is -0.116. The molecule has 0 heterocycles. The molecule has 0 aliphatic carbocycles. The van der Waals surface area contributed by atoms with E-state index in [-0.39, 0.29) is 18.3 Å². The molecule has 1 amide bonds. The van der Waals surface area contributed by atoms with E-state index < -0.39 is 0 Å². The lowest BCUT2D eigenvalue weighted by atomic mass is 10.2. The molecule has 3 nitrogen and oxygen atoms in total. The third-order valence-electron chi connectivity index (χ3n) is 1.83. The fourth-order valence-corrected chi connectivity index (χ4v) is 1.59. The molecular weight excluding hydrogens is 279 g/mol. The first-order chi connectivity index (χ1) is 6.63. The Kier molecular flexibility index (Phi) is 6.56. The van der Waals surface area contributed by atoms with E-state index in [4.69, 9.17) is 5.73 Å². The van der Waals surface area contributed by atoms with Crippen molar-refractivity contribution < 1.29 is 4.79 Å². The Morgan fingerprint density at radius 3 is 2.73 bits per heavy atom. The fraction of sp³-hybridized carbons (Fsp3) is 0.300. The topological polar surface area (TPSA) is 55.1 Å². The van der Waals surface area contributed by atoms with Crippen molar-refractivity contribution in [3.63, 3.8) is 0 Å². The standard InChI is InChI=1S/C10H13BrN2O.ClH/c1-7-6-8(11)2-3-9(7)13-10(14)4-5-12;/h2-3,6H,4-5,12H2,1H3,(H,13,14);1H. The number of amides is 1. The van der Waals surface area contributed by atoms with Crippen LogP contribution in [-0.2, 0) is 4.79 Å². The fourth-order valence-electron chi connectivity index (χ4n) is 1.11. The Labute approximate surface area is 104 Å². The highest BCUT2D eigenvalue weighted by Crippen LogP contribution is 2.19. The van der Waals surface area contributed by atoms with Gasteiger partial charge in [0, 0.05) is 23.1 Å². The van der Waals surface area contributed by atoms with E-state index in [1.54, 1.807) is 0 Å². The van der Waals surface area contributed by atoms with Crippen LogP contribution < -0.4 is 11.1 Å². The molecule has 0 aliphatic heterocycles. The van der Waals surface area contributed by atoms with Gasteiger partial charge in [0.25, 0.3) is 0 Å². The predicted octanol–water partition coefficient (Wildman–Crippen LogP) is 2.47. The summed E-state index contributed by atoms with van der Waals surface area (Å²) in [4.78, 5) is 11.2. The zero-order chi connectivity index (χ0) is 10.6. The highest BCUT2D eigenvalue weighted by molar-refractivity contribution is 9.10. The van der Waals surface area contributed by atoms with Gasteiger partial charge in [0.05, 0.1) is 0 Å². The van der Waals surface area contributed by atoms with Gasteiger partial charge < -0.3 is 11.1 Å². The van der Waals surface area contributed by atoms with Gasteiger partial charge in [0.15, 0.2) is 0 Å². The maximum Gasteiger partial charge on any atom is 0.225 e. The Hall–Kier alpha value is -0.580. The number of halogens is 2. The van der Waals surface area contributed by atoms with Crippen LogP contribution in [0.5, 0.6) is 0 Å². The summed E-state index contributed by atoms with van der Waals surface area (Å²) in [6.45, 7) is 2.32. The van der Waals surface area contributed by atoms with Gasteiger partial charge in [-0.25, -0.2) is 0 Å². The van der Waals surface area contributed by atoms with Crippen molar-refractivity contribution in [1.29, 1.82) is 0 Å². The Morgan fingerprint density at radius 1 is 1.53 bits per heavy atom. The van der Waals surface area contributed by atoms with E-state index in [9.17, 15) is 4.79 Å². The highest BCUT2D eigenvalue weighted by atomic mass is 79.9. The number of hydrogen-bond donors (Lipinski definition) is 2. The van der Waals surface area contributed by atoms with Crippen molar-refractivity contribution in [3.8, 4) is 0 Å². The molecule has 0 radical (unpaired) electrons. The summed E-state index contributed by atoms with van der Waals surface area (Å²) >= 11 is 3.36. The smallest absolute Gasteiger partial charge is 0.225 e. The number of nitrogens with one attached hydrogen (secondary N) is 1. The average molecular weight is 294 g/mol. The van der Waals surface area contributed by atoms with Crippen molar-refractivity contribution in [2.45, 2.75) is 13.3 Å².